The molecule has 1 fully saturated rings. The molecule has 1 aliphatic carbocycles. The second-order valence-electron chi connectivity index (χ2n) is 4.71. The summed E-state index contributed by atoms with van der Waals surface area (Å²) in [6.07, 6.45) is 3.73. The number of thiophene rings is 1. The highest BCUT2D eigenvalue weighted by Crippen LogP contribution is 2.38. The Balaban J connectivity index is 2.09. The first-order valence-corrected chi connectivity index (χ1v) is 7.08. The highest BCUT2D eigenvalue weighted by molar-refractivity contribution is 7.09. The van der Waals surface area contributed by atoms with Gasteiger partial charge in [-0.2, -0.15) is 0 Å². The van der Waals surface area contributed by atoms with Crippen LogP contribution in [0.25, 0.3) is 0 Å². The first-order valence-electron chi connectivity index (χ1n) is 6.20. The van der Waals surface area contributed by atoms with Crippen molar-refractivity contribution in [1.29, 1.82) is 0 Å². The lowest BCUT2D eigenvalue weighted by atomic mass is 9.85. The van der Waals surface area contributed by atoms with Gasteiger partial charge in [0.25, 0.3) is 0 Å². The zero-order valence-corrected chi connectivity index (χ0v) is 10.9. The van der Waals surface area contributed by atoms with Crippen LogP contribution in [0, 0.1) is 5.92 Å². The van der Waals surface area contributed by atoms with Crippen LogP contribution < -0.4 is 5.32 Å². The van der Waals surface area contributed by atoms with E-state index in [1.165, 1.54) is 4.88 Å². The number of carboxylic acid groups (broad SMARTS) is 1. The highest BCUT2D eigenvalue weighted by atomic mass is 32.1. The molecule has 2 rings (SSSR count). The first kappa shape index (κ1) is 12.6. The summed E-state index contributed by atoms with van der Waals surface area (Å²) in [5, 5.41) is 14.9. The monoisotopic (exact) mass is 253 g/mol. The van der Waals surface area contributed by atoms with Crippen molar-refractivity contribution in [2.24, 2.45) is 5.92 Å². The fourth-order valence-electron chi connectivity index (χ4n) is 2.88. The minimum Gasteiger partial charge on any atom is -0.480 e. The zero-order chi connectivity index (χ0) is 12.3. The normalized spacial score (nSPS) is 28.4. The Labute approximate surface area is 106 Å². The number of hydrogen-bond acceptors (Lipinski definition) is 3. The standard InChI is InChI=1S/C13H19NO2S/c1-2-10-5-3-7-13(10,12(15)16)14-9-11-6-4-8-17-11/h4,6,8,10,14H,2-3,5,7,9H2,1H3,(H,15,16). The lowest BCUT2D eigenvalue weighted by molar-refractivity contribution is -0.146. The van der Waals surface area contributed by atoms with Crippen LogP contribution in [0.15, 0.2) is 17.5 Å². The predicted molar refractivity (Wildman–Crippen MR) is 69.2 cm³/mol. The maximum atomic E-state index is 11.6. The average Bonchev–Trinajstić information content (AvgIpc) is 2.96. The van der Waals surface area contributed by atoms with Gasteiger partial charge in [-0.1, -0.05) is 25.8 Å². The van der Waals surface area contributed by atoms with E-state index >= 15 is 0 Å². The Morgan fingerprint density at radius 2 is 2.53 bits per heavy atom. The van der Waals surface area contributed by atoms with Crippen LogP contribution in [-0.4, -0.2) is 16.6 Å². The molecule has 4 heteroatoms. The van der Waals surface area contributed by atoms with Gasteiger partial charge in [0.15, 0.2) is 0 Å². The molecule has 0 saturated heterocycles. The summed E-state index contributed by atoms with van der Waals surface area (Å²) in [7, 11) is 0. The third-order valence-corrected chi connectivity index (χ3v) is 4.73. The molecular formula is C13H19NO2S. The third kappa shape index (κ3) is 2.38. The highest BCUT2D eigenvalue weighted by Gasteiger charge is 2.47. The van der Waals surface area contributed by atoms with E-state index in [0.717, 1.165) is 25.7 Å². The van der Waals surface area contributed by atoms with Crippen LogP contribution in [-0.2, 0) is 11.3 Å². The van der Waals surface area contributed by atoms with Crippen molar-refractivity contribution in [2.75, 3.05) is 0 Å². The summed E-state index contributed by atoms with van der Waals surface area (Å²) < 4.78 is 0. The molecule has 1 aromatic rings. The van der Waals surface area contributed by atoms with Crippen molar-refractivity contribution in [3.63, 3.8) is 0 Å². The molecule has 1 aliphatic rings. The molecule has 2 unspecified atom stereocenters. The van der Waals surface area contributed by atoms with E-state index in [1.54, 1.807) is 11.3 Å². The molecule has 0 radical (unpaired) electrons. The van der Waals surface area contributed by atoms with Crippen molar-refractivity contribution in [2.45, 2.75) is 44.7 Å². The number of rotatable bonds is 5. The van der Waals surface area contributed by atoms with Crippen molar-refractivity contribution in [3.05, 3.63) is 22.4 Å². The summed E-state index contributed by atoms with van der Waals surface area (Å²) in [6.45, 7) is 2.75. The maximum absolute atomic E-state index is 11.6. The van der Waals surface area contributed by atoms with Gasteiger partial charge in [0.05, 0.1) is 0 Å². The van der Waals surface area contributed by atoms with E-state index in [9.17, 15) is 9.90 Å². The predicted octanol–water partition coefficient (Wildman–Crippen LogP) is 2.87. The summed E-state index contributed by atoms with van der Waals surface area (Å²) in [5.74, 6) is -0.418. The molecule has 0 aromatic carbocycles. The molecule has 0 spiro atoms. The summed E-state index contributed by atoms with van der Waals surface area (Å²) >= 11 is 1.67. The van der Waals surface area contributed by atoms with Gasteiger partial charge in [0.1, 0.15) is 5.54 Å². The minimum absolute atomic E-state index is 0.264. The molecule has 0 amide bonds. The molecule has 2 N–H and O–H groups in total. The van der Waals surface area contributed by atoms with E-state index < -0.39 is 11.5 Å². The molecule has 1 aromatic heterocycles. The van der Waals surface area contributed by atoms with Gasteiger partial charge in [-0.25, -0.2) is 0 Å². The van der Waals surface area contributed by atoms with Gasteiger partial charge in [0.2, 0.25) is 0 Å². The lowest BCUT2D eigenvalue weighted by Gasteiger charge is -2.31. The third-order valence-electron chi connectivity index (χ3n) is 3.85. The van der Waals surface area contributed by atoms with Crippen LogP contribution in [0.2, 0.25) is 0 Å². The zero-order valence-electron chi connectivity index (χ0n) is 10.1. The van der Waals surface area contributed by atoms with Crippen LogP contribution >= 0.6 is 11.3 Å². The van der Waals surface area contributed by atoms with E-state index in [2.05, 4.69) is 12.2 Å². The van der Waals surface area contributed by atoms with Gasteiger partial charge in [-0.15, -0.1) is 11.3 Å². The van der Waals surface area contributed by atoms with E-state index in [1.807, 2.05) is 17.5 Å². The van der Waals surface area contributed by atoms with E-state index in [4.69, 9.17) is 0 Å². The molecule has 0 bridgehead atoms. The van der Waals surface area contributed by atoms with Crippen molar-refractivity contribution >= 4 is 17.3 Å². The molecule has 94 valence electrons. The molecule has 1 heterocycles. The number of hydrogen-bond donors (Lipinski definition) is 2. The van der Waals surface area contributed by atoms with Crippen molar-refractivity contribution < 1.29 is 9.90 Å². The summed E-state index contributed by atoms with van der Waals surface area (Å²) in [4.78, 5) is 12.8. The fraction of sp³-hybridized carbons (Fsp3) is 0.615. The Hall–Kier alpha value is -0.870. The molecule has 0 aliphatic heterocycles. The Morgan fingerprint density at radius 3 is 3.12 bits per heavy atom. The number of carboxylic acids is 1. The molecule has 17 heavy (non-hydrogen) atoms. The van der Waals surface area contributed by atoms with Gasteiger partial charge in [-0.3, -0.25) is 10.1 Å². The van der Waals surface area contributed by atoms with Crippen molar-refractivity contribution in [1.82, 2.24) is 5.32 Å². The summed E-state index contributed by atoms with van der Waals surface area (Å²) in [5.41, 5.74) is -0.696. The SMILES string of the molecule is CCC1CCCC1(NCc1cccs1)C(=O)O. The second kappa shape index (κ2) is 5.19. The van der Waals surface area contributed by atoms with Crippen LogP contribution in [0.4, 0.5) is 0 Å². The van der Waals surface area contributed by atoms with Gasteiger partial charge < -0.3 is 5.11 Å². The van der Waals surface area contributed by atoms with Gasteiger partial charge >= 0.3 is 5.97 Å². The smallest absolute Gasteiger partial charge is 0.324 e. The van der Waals surface area contributed by atoms with E-state index in [-0.39, 0.29) is 5.92 Å². The number of carbonyl (C=O) groups is 1. The second-order valence-corrected chi connectivity index (χ2v) is 5.74. The average molecular weight is 253 g/mol. The first-order chi connectivity index (χ1) is 8.19. The van der Waals surface area contributed by atoms with Gasteiger partial charge in [0, 0.05) is 11.4 Å². The molecule has 1 saturated carbocycles. The van der Waals surface area contributed by atoms with Gasteiger partial charge in [-0.05, 0) is 30.2 Å². The van der Waals surface area contributed by atoms with Crippen LogP contribution in [0.1, 0.15) is 37.5 Å². The Bertz CT molecular complexity index is 377. The van der Waals surface area contributed by atoms with Crippen LogP contribution in [0.3, 0.4) is 0 Å². The maximum Gasteiger partial charge on any atom is 0.324 e. The number of aliphatic carboxylic acids is 1. The largest absolute Gasteiger partial charge is 0.480 e. The molecule has 2 atom stereocenters. The fourth-order valence-corrected chi connectivity index (χ4v) is 3.52. The van der Waals surface area contributed by atoms with Crippen molar-refractivity contribution in [3.8, 4) is 0 Å². The quantitative estimate of drug-likeness (QED) is 0.848. The molecule has 3 nitrogen and oxygen atoms in total. The Morgan fingerprint density at radius 1 is 1.71 bits per heavy atom. The minimum atomic E-state index is -0.696. The summed E-state index contributed by atoms with van der Waals surface area (Å²) in [6, 6.07) is 4.05. The Kier molecular flexibility index (Phi) is 3.84. The topological polar surface area (TPSA) is 49.3 Å². The number of nitrogens with one attached hydrogen (secondary N) is 1. The van der Waals surface area contributed by atoms with Crippen LogP contribution in [0.5, 0.6) is 0 Å². The molecular weight excluding hydrogens is 234 g/mol. The van der Waals surface area contributed by atoms with E-state index in [0.29, 0.717) is 6.54 Å². The lowest BCUT2D eigenvalue weighted by Crippen LogP contribution is -2.54.